The fourth-order valence-electron chi connectivity index (χ4n) is 0.916. The first-order chi connectivity index (χ1) is 6.48. The molecular weight excluding hydrogens is 184 g/mol. The Morgan fingerprint density at radius 2 is 2.29 bits per heavy atom. The van der Waals surface area contributed by atoms with Gasteiger partial charge in [-0.1, -0.05) is 6.07 Å². The number of rotatable bonds is 3. The first-order valence-electron chi connectivity index (χ1n) is 3.93. The molecule has 0 aromatic carbocycles. The first kappa shape index (κ1) is 10.3. The Morgan fingerprint density at radius 1 is 1.64 bits per heavy atom. The molecule has 0 saturated heterocycles. The monoisotopic (exact) mass is 194 g/mol. The molecule has 3 N–H and O–H groups in total. The zero-order valence-electron chi connectivity index (χ0n) is 7.60. The van der Waals surface area contributed by atoms with Gasteiger partial charge < -0.3 is 10.8 Å². The molecule has 5 nitrogen and oxygen atoms in total. The average Bonchev–Trinajstić information content (AvgIpc) is 2.17. The molecule has 0 saturated carbocycles. The molecule has 1 aromatic rings. The zero-order chi connectivity index (χ0) is 10.8. The number of nitrogens with two attached hydrogens (primary N) is 1. The van der Waals surface area contributed by atoms with E-state index in [1.807, 2.05) is 0 Å². The molecule has 74 valence electrons. The third kappa shape index (κ3) is 1.77. The van der Waals surface area contributed by atoms with Crippen molar-refractivity contribution in [2.45, 2.75) is 12.5 Å². The van der Waals surface area contributed by atoms with Gasteiger partial charge in [-0.15, -0.1) is 0 Å². The van der Waals surface area contributed by atoms with Gasteiger partial charge in [0.15, 0.2) is 11.8 Å². The molecule has 5 heteroatoms. The number of pyridine rings is 1. The van der Waals surface area contributed by atoms with E-state index in [9.17, 15) is 9.59 Å². The van der Waals surface area contributed by atoms with E-state index >= 15 is 0 Å². The summed E-state index contributed by atoms with van der Waals surface area (Å²) >= 11 is 0. The van der Waals surface area contributed by atoms with E-state index in [-0.39, 0.29) is 11.4 Å². The quantitative estimate of drug-likeness (QED) is 0.668. The van der Waals surface area contributed by atoms with Crippen LogP contribution in [0.1, 0.15) is 23.1 Å². The van der Waals surface area contributed by atoms with E-state index in [0.717, 1.165) is 0 Å². The summed E-state index contributed by atoms with van der Waals surface area (Å²) in [6.45, 7) is 1.33. The maximum atomic E-state index is 10.8. The van der Waals surface area contributed by atoms with Crippen LogP contribution in [0.4, 0.5) is 0 Å². The van der Waals surface area contributed by atoms with Crippen LogP contribution in [0, 0.1) is 0 Å². The van der Waals surface area contributed by atoms with Crippen molar-refractivity contribution in [2.24, 2.45) is 5.73 Å². The number of aldehydes is 1. The molecule has 0 aliphatic carbocycles. The fraction of sp³-hybridized carbons (Fsp3) is 0.222. The van der Waals surface area contributed by atoms with E-state index in [1.165, 1.54) is 19.1 Å². The van der Waals surface area contributed by atoms with Crippen molar-refractivity contribution >= 4 is 12.3 Å². The van der Waals surface area contributed by atoms with Gasteiger partial charge in [0.25, 0.3) is 0 Å². The Hall–Kier alpha value is -1.75. The SMILES string of the molecule is CC(N)(C(=O)O)c1cccc(C=O)n1. The molecule has 0 spiro atoms. The summed E-state index contributed by atoms with van der Waals surface area (Å²) < 4.78 is 0. The molecule has 1 unspecified atom stereocenters. The second kappa shape index (κ2) is 3.55. The lowest BCUT2D eigenvalue weighted by Crippen LogP contribution is -2.42. The molecule has 0 amide bonds. The van der Waals surface area contributed by atoms with E-state index in [0.29, 0.717) is 6.29 Å². The normalized spacial score (nSPS) is 14.4. The van der Waals surface area contributed by atoms with Gasteiger partial charge in [-0.05, 0) is 19.1 Å². The van der Waals surface area contributed by atoms with Crippen LogP contribution in [-0.2, 0) is 10.3 Å². The smallest absolute Gasteiger partial charge is 0.329 e. The van der Waals surface area contributed by atoms with Crippen LogP contribution in [0.15, 0.2) is 18.2 Å². The molecule has 0 radical (unpaired) electrons. The second-order valence-corrected chi connectivity index (χ2v) is 3.07. The lowest BCUT2D eigenvalue weighted by atomic mass is 9.99. The maximum absolute atomic E-state index is 10.8. The van der Waals surface area contributed by atoms with Gasteiger partial charge in [0.2, 0.25) is 0 Å². The summed E-state index contributed by atoms with van der Waals surface area (Å²) in [7, 11) is 0. The van der Waals surface area contributed by atoms with Gasteiger partial charge in [-0.25, -0.2) is 9.78 Å². The van der Waals surface area contributed by atoms with E-state index in [2.05, 4.69) is 4.98 Å². The van der Waals surface area contributed by atoms with Crippen LogP contribution < -0.4 is 5.73 Å². The van der Waals surface area contributed by atoms with Gasteiger partial charge in [0, 0.05) is 0 Å². The van der Waals surface area contributed by atoms with Crippen molar-refractivity contribution in [3.05, 3.63) is 29.6 Å². The summed E-state index contributed by atoms with van der Waals surface area (Å²) in [4.78, 5) is 25.0. The zero-order valence-corrected chi connectivity index (χ0v) is 7.60. The summed E-state index contributed by atoms with van der Waals surface area (Å²) in [5, 5.41) is 8.80. The number of nitrogens with zero attached hydrogens (tertiary/aromatic N) is 1. The van der Waals surface area contributed by atoms with Gasteiger partial charge in [0.05, 0.1) is 5.69 Å². The second-order valence-electron chi connectivity index (χ2n) is 3.07. The highest BCUT2D eigenvalue weighted by atomic mass is 16.4. The van der Waals surface area contributed by atoms with Crippen LogP contribution in [0.2, 0.25) is 0 Å². The molecule has 1 atom stereocenters. The number of hydrogen-bond acceptors (Lipinski definition) is 4. The molecule has 1 heterocycles. The van der Waals surface area contributed by atoms with E-state index in [4.69, 9.17) is 10.8 Å². The summed E-state index contributed by atoms with van der Waals surface area (Å²) in [6, 6.07) is 4.50. The molecule has 0 bridgehead atoms. The minimum atomic E-state index is -1.57. The van der Waals surface area contributed by atoms with Crippen LogP contribution in [0.5, 0.6) is 0 Å². The van der Waals surface area contributed by atoms with Crippen LogP contribution in [0.25, 0.3) is 0 Å². The minimum Gasteiger partial charge on any atom is -0.480 e. The van der Waals surface area contributed by atoms with Crippen molar-refractivity contribution in [1.29, 1.82) is 0 Å². The highest BCUT2D eigenvalue weighted by molar-refractivity contribution is 5.80. The number of aliphatic carboxylic acids is 1. The summed E-state index contributed by atoms with van der Waals surface area (Å²) in [5.74, 6) is -1.19. The molecule has 0 aliphatic rings. The molecule has 1 aromatic heterocycles. The Kier molecular flexibility index (Phi) is 2.62. The third-order valence-corrected chi connectivity index (χ3v) is 1.87. The highest BCUT2D eigenvalue weighted by Gasteiger charge is 2.31. The lowest BCUT2D eigenvalue weighted by molar-refractivity contribution is -0.143. The summed E-state index contributed by atoms with van der Waals surface area (Å²) in [6.07, 6.45) is 0.543. The number of aromatic nitrogens is 1. The van der Waals surface area contributed by atoms with Crippen LogP contribution in [0.3, 0.4) is 0 Å². The van der Waals surface area contributed by atoms with Crippen molar-refractivity contribution in [2.75, 3.05) is 0 Å². The average molecular weight is 194 g/mol. The van der Waals surface area contributed by atoms with Crippen molar-refractivity contribution < 1.29 is 14.7 Å². The molecular formula is C9H10N2O3. The highest BCUT2D eigenvalue weighted by Crippen LogP contribution is 2.15. The number of carboxylic acid groups (broad SMARTS) is 1. The van der Waals surface area contributed by atoms with Gasteiger partial charge >= 0.3 is 5.97 Å². The predicted molar refractivity (Wildman–Crippen MR) is 48.8 cm³/mol. The standard InChI is InChI=1S/C9H10N2O3/c1-9(10,8(13)14)7-4-2-3-6(5-12)11-7/h2-5H,10H2,1H3,(H,13,14). The van der Waals surface area contributed by atoms with Gasteiger partial charge in [0.1, 0.15) is 5.69 Å². The van der Waals surface area contributed by atoms with Gasteiger partial charge in [-0.3, -0.25) is 4.79 Å². The lowest BCUT2D eigenvalue weighted by Gasteiger charge is -2.18. The number of hydrogen-bond donors (Lipinski definition) is 2. The van der Waals surface area contributed by atoms with E-state index in [1.54, 1.807) is 6.07 Å². The number of carbonyl (C=O) groups is 2. The van der Waals surface area contributed by atoms with Crippen LogP contribution >= 0.6 is 0 Å². The largest absolute Gasteiger partial charge is 0.480 e. The topological polar surface area (TPSA) is 93.3 Å². The maximum Gasteiger partial charge on any atom is 0.329 e. The number of carboxylic acids is 1. The third-order valence-electron chi connectivity index (χ3n) is 1.87. The first-order valence-corrected chi connectivity index (χ1v) is 3.93. The van der Waals surface area contributed by atoms with Crippen molar-refractivity contribution in [3.63, 3.8) is 0 Å². The number of carbonyl (C=O) groups excluding carboxylic acids is 1. The fourth-order valence-corrected chi connectivity index (χ4v) is 0.916. The molecule has 0 aliphatic heterocycles. The van der Waals surface area contributed by atoms with Crippen molar-refractivity contribution in [3.8, 4) is 0 Å². The molecule has 1 rings (SSSR count). The molecule has 0 fully saturated rings. The Bertz CT molecular complexity index is 374. The summed E-state index contributed by atoms with van der Waals surface area (Å²) in [5.41, 5.74) is 4.28. The van der Waals surface area contributed by atoms with Crippen LogP contribution in [-0.4, -0.2) is 22.3 Å². The Morgan fingerprint density at radius 3 is 2.79 bits per heavy atom. The van der Waals surface area contributed by atoms with E-state index < -0.39 is 11.5 Å². The Labute approximate surface area is 80.6 Å². The minimum absolute atomic E-state index is 0.162. The molecule has 14 heavy (non-hydrogen) atoms. The van der Waals surface area contributed by atoms with Gasteiger partial charge in [-0.2, -0.15) is 0 Å². The van der Waals surface area contributed by atoms with Crippen molar-refractivity contribution in [1.82, 2.24) is 4.98 Å². The Balaban J connectivity index is 3.18. The predicted octanol–water partition coefficient (Wildman–Crippen LogP) is 0.153.